The Hall–Kier alpha value is -0.800. The Morgan fingerprint density at radius 1 is 1.50 bits per heavy atom. The maximum absolute atomic E-state index is 5.85. The molecule has 1 aromatic rings. The Labute approximate surface area is 161 Å². The first-order valence-corrected chi connectivity index (χ1v) is 8.54. The van der Waals surface area contributed by atoms with Crippen molar-refractivity contribution in [2.45, 2.75) is 45.3 Å². The molecule has 2 N–H and O–H groups in total. The van der Waals surface area contributed by atoms with Gasteiger partial charge < -0.3 is 24.5 Å². The molecule has 0 aromatic carbocycles. The van der Waals surface area contributed by atoms with E-state index in [1.807, 2.05) is 12.1 Å². The molecule has 7 heteroatoms. The van der Waals surface area contributed by atoms with Gasteiger partial charge in [-0.3, -0.25) is 4.99 Å². The van der Waals surface area contributed by atoms with Crippen molar-refractivity contribution in [1.82, 2.24) is 10.6 Å². The largest absolute Gasteiger partial charge is 0.469 e. The monoisotopic (exact) mass is 451 g/mol. The van der Waals surface area contributed by atoms with E-state index in [-0.39, 0.29) is 36.1 Å². The predicted molar refractivity (Wildman–Crippen MR) is 106 cm³/mol. The summed E-state index contributed by atoms with van der Waals surface area (Å²) in [6.07, 6.45) is 4.79. The number of nitrogens with one attached hydrogen (secondary N) is 2. The lowest BCUT2D eigenvalue weighted by Gasteiger charge is -2.20. The van der Waals surface area contributed by atoms with Crippen molar-refractivity contribution in [3.05, 3.63) is 24.2 Å². The zero-order chi connectivity index (χ0) is 16.3. The summed E-state index contributed by atoms with van der Waals surface area (Å²) in [7, 11) is 0. The summed E-state index contributed by atoms with van der Waals surface area (Å²) in [5.41, 5.74) is 0. The standard InChI is InChI=1S/C17H29N3O3.HI/c1-3-8-18-17(19-9-6-15-5-4-10-22-15)20-14(2)12-23-16-7-11-21-13-16;/h4-5,10,14,16H,3,6-9,11-13H2,1-2H3,(H2,18,19,20);1H. The highest BCUT2D eigenvalue weighted by atomic mass is 127. The van der Waals surface area contributed by atoms with Crippen LogP contribution < -0.4 is 10.6 Å². The second kappa shape index (κ2) is 12.5. The van der Waals surface area contributed by atoms with Crippen LogP contribution in [0.4, 0.5) is 0 Å². The molecule has 0 aliphatic carbocycles. The molecule has 2 rings (SSSR count). The number of nitrogens with zero attached hydrogens (tertiary/aromatic N) is 1. The molecule has 24 heavy (non-hydrogen) atoms. The van der Waals surface area contributed by atoms with Gasteiger partial charge in [-0.15, -0.1) is 24.0 Å². The first kappa shape index (κ1) is 21.2. The molecule has 1 aliphatic rings. The van der Waals surface area contributed by atoms with Crippen molar-refractivity contribution in [3.63, 3.8) is 0 Å². The lowest BCUT2D eigenvalue weighted by molar-refractivity contribution is 0.0347. The zero-order valence-electron chi connectivity index (χ0n) is 14.6. The predicted octanol–water partition coefficient (Wildman–Crippen LogP) is 2.58. The number of rotatable bonds is 9. The molecule has 1 aromatic heterocycles. The van der Waals surface area contributed by atoms with Crippen LogP contribution in [-0.2, 0) is 15.9 Å². The number of aliphatic imine (C=N–C) groups is 1. The molecule has 0 bridgehead atoms. The van der Waals surface area contributed by atoms with E-state index in [0.29, 0.717) is 13.2 Å². The molecule has 0 amide bonds. The number of furan rings is 1. The normalized spacial score (nSPS) is 18.9. The van der Waals surface area contributed by atoms with Crippen LogP contribution in [0.25, 0.3) is 0 Å². The summed E-state index contributed by atoms with van der Waals surface area (Å²) in [6, 6.07) is 4.09. The quantitative estimate of drug-likeness (QED) is 0.343. The molecule has 1 fully saturated rings. The summed E-state index contributed by atoms with van der Waals surface area (Å²) in [6.45, 7) is 7.99. The van der Waals surface area contributed by atoms with E-state index in [1.165, 1.54) is 0 Å². The second-order valence-corrected chi connectivity index (χ2v) is 5.85. The molecule has 138 valence electrons. The minimum Gasteiger partial charge on any atom is -0.469 e. The Morgan fingerprint density at radius 3 is 3.04 bits per heavy atom. The van der Waals surface area contributed by atoms with Gasteiger partial charge in [-0.1, -0.05) is 6.92 Å². The van der Waals surface area contributed by atoms with Crippen LogP contribution in [-0.4, -0.2) is 51.0 Å². The van der Waals surface area contributed by atoms with Crippen molar-refractivity contribution in [2.24, 2.45) is 4.99 Å². The van der Waals surface area contributed by atoms with Gasteiger partial charge in [-0.2, -0.15) is 0 Å². The Balaban J connectivity index is 0.00000288. The van der Waals surface area contributed by atoms with Gasteiger partial charge in [-0.25, -0.2) is 0 Å². The van der Waals surface area contributed by atoms with Gasteiger partial charge in [0.1, 0.15) is 5.76 Å². The summed E-state index contributed by atoms with van der Waals surface area (Å²) in [5, 5.41) is 6.75. The summed E-state index contributed by atoms with van der Waals surface area (Å²) in [4.78, 5) is 4.56. The third-order valence-electron chi connectivity index (χ3n) is 3.59. The fourth-order valence-corrected chi connectivity index (χ4v) is 2.33. The molecule has 2 heterocycles. The first-order chi connectivity index (χ1) is 11.3. The lowest BCUT2D eigenvalue weighted by atomic mass is 10.3. The fraction of sp³-hybridized carbons (Fsp3) is 0.706. The van der Waals surface area contributed by atoms with Crippen LogP contribution >= 0.6 is 24.0 Å². The lowest BCUT2D eigenvalue weighted by Crippen LogP contribution is -2.45. The fourth-order valence-electron chi connectivity index (χ4n) is 2.33. The van der Waals surface area contributed by atoms with E-state index in [9.17, 15) is 0 Å². The highest BCUT2D eigenvalue weighted by Gasteiger charge is 2.17. The van der Waals surface area contributed by atoms with Crippen molar-refractivity contribution >= 4 is 29.9 Å². The van der Waals surface area contributed by atoms with Gasteiger partial charge in [0, 0.05) is 32.2 Å². The number of hydrogen-bond donors (Lipinski definition) is 2. The zero-order valence-corrected chi connectivity index (χ0v) is 17.0. The number of ether oxygens (including phenoxy) is 2. The molecular weight excluding hydrogens is 421 g/mol. The maximum Gasteiger partial charge on any atom is 0.191 e. The van der Waals surface area contributed by atoms with E-state index >= 15 is 0 Å². The van der Waals surface area contributed by atoms with E-state index in [2.05, 4.69) is 29.5 Å². The minimum absolute atomic E-state index is 0. The minimum atomic E-state index is 0. The van der Waals surface area contributed by atoms with E-state index < -0.39 is 0 Å². The smallest absolute Gasteiger partial charge is 0.191 e. The Morgan fingerprint density at radius 2 is 2.38 bits per heavy atom. The van der Waals surface area contributed by atoms with Gasteiger partial charge in [-0.05, 0) is 31.9 Å². The SMILES string of the molecule is CCCN=C(NCCc1ccco1)NC(C)COC1CCOC1.I. The van der Waals surface area contributed by atoms with Crippen LogP contribution in [0.1, 0.15) is 32.4 Å². The molecule has 2 atom stereocenters. The number of halogens is 1. The third-order valence-corrected chi connectivity index (χ3v) is 3.59. The molecular formula is C17H30IN3O3. The van der Waals surface area contributed by atoms with Gasteiger partial charge in [0.2, 0.25) is 0 Å². The molecule has 1 aliphatic heterocycles. The van der Waals surface area contributed by atoms with E-state index in [1.54, 1.807) is 6.26 Å². The average molecular weight is 451 g/mol. The molecule has 0 radical (unpaired) electrons. The number of guanidine groups is 1. The van der Waals surface area contributed by atoms with Gasteiger partial charge in [0.15, 0.2) is 5.96 Å². The second-order valence-electron chi connectivity index (χ2n) is 5.85. The van der Waals surface area contributed by atoms with Gasteiger partial charge >= 0.3 is 0 Å². The highest BCUT2D eigenvalue weighted by Crippen LogP contribution is 2.08. The van der Waals surface area contributed by atoms with E-state index in [4.69, 9.17) is 13.9 Å². The van der Waals surface area contributed by atoms with Crippen LogP contribution in [0.5, 0.6) is 0 Å². The maximum atomic E-state index is 5.85. The Bertz CT molecular complexity index is 448. The molecule has 0 saturated carbocycles. The van der Waals surface area contributed by atoms with Crippen molar-refractivity contribution in [3.8, 4) is 0 Å². The van der Waals surface area contributed by atoms with Crippen molar-refractivity contribution in [1.29, 1.82) is 0 Å². The van der Waals surface area contributed by atoms with Gasteiger partial charge in [0.25, 0.3) is 0 Å². The van der Waals surface area contributed by atoms with Crippen molar-refractivity contribution < 1.29 is 13.9 Å². The highest BCUT2D eigenvalue weighted by molar-refractivity contribution is 14.0. The molecule has 2 unspecified atom stereocenters. The van der Waals surface area contributed by atoms with Gasteiger partial charge in [0.05, 0.1) is 25.6 Å². The topological polar surface area (TPSA) is 68.0 Å². The Kier molecular flexibility index (Phi) is 11.1. The van der Waals surface area contributed by atoms with Crippen molar-refractivity contribution in [2.75, 3.05) is 32.9 Å². The first-order valence-electron chi connectivity index (χ1n) is 8.54. The van der Waals surface area contributed by atoms with E-state index in [0.717, 1.165) is 50.7 Å². The summed E-state index contributed by atoms with van der Waals surface area (Å²) < 4.78 is 16.5. The third kappa shape index (κ3) is 8.34. The van der Waals surface area contributed by atoms with Crippen LogP contribution in [0.3, 0.4) is 0 Å². The average Bonchev–Trinajstić information content (AvgIpc) is 3.24. The summed E-state index contributed by atoms with van der Waals surface area (Å²) in [5.74, 6) is 1.81. The van der Waals surface area contributed by atoms with Crippen LogP contribution in [0, 0.1) is 0 Å². The number of hydrogen-bond acceptors (Lipinski definition) is 4. The van der Waals surface area contributed by atoms with Crippen LogP contribution in [0.15, 0.2) is 27.8 Å². The summed E-state index contributed by atoms with van der Waals surface area (Å²) >= 11 is 0. The molecule has 1 saturated heterocycles. The van der Waals surface area contributed by atoms with Crippen LogP contribution in [0.2, 0.25) is 0 Å². The molecule has 0 spiro atoms. The molecule has 6 nitrogen and oxygen atoms in total.